The van der Waals surface area contributed by atoms with E-state index in [1.165, 1.54) is 0 Å². The topological polar surface area (TPSA) is 67.5 Å². The third-order valence-electron chi connectivity index (χ3n) is 2.94. The number of halogens is 3. The minimum Gasteiger partial charge on any atom is -0.370 e. The third-order valence-corrected chi connectivity index (χ3v) is 3.65. The average molecular weight is 373 g/mol. The predicted molar refractivity (Wildman–Crippen MR) is 97.3 cm³/mol. The Morgan fingerprint density at radius 1 is 1.04 bits per heavy atom. The number of benzene rings is 2. The van der Waals surface area contributed by atoms with Crippen molar-refractivity contribution in [3.8, 4) is 0 Å². The summed E-state index contributed by atoms with van der Waals surface area (Å²) in [6.45, 7) is 0.403. The number of carbonyl (C=O) groups excluding carboxylic acids is 1. The summed E-state index contributed by atoms with van der Waals surface area (Å²) in [5.74, 6) is -0.249. The Morgan fingerprint density at radius 3 is 2.26 bits per heavy atom. The average Bonchev–Trinajstić information content (AvgIpc) is 2.50. The molecule has 0 fully saturated rings. The van der Waals surface area contributed by atoms with Crippen LogP contribution in [0, 0.1) is 0 Å². The normalized spacial score (nSPS) is 10.8. The fourth-order valence-electron chi connectivity index (χ4n) is 1.85. The molecule has 0 radical (unpaired) electrons. The van der Waals surface area contributed by atoms with Crippen LogP contribution in [0.15, 0.2) is 53.5 Å². The van der Waals surface area contributed by atoms with Crippen LogP contribution in [-0.4, -0.2) is 11.9 Å². The molecular formula is C16H16Cl3N3O. The van der Waals surface area contributed by atoms with Gasteiger partial charge in [0.2, 0.25) is 5.91 Å². The molecule has 0 saturated carbocycles. The molecule has 0 unspecified atom stereocenters. The van der Waals surface area contributed by atoms with Gasteiger partial charge in [-0.2, -0.15) is 0 Å². The van der Waals surface area contributed by atoms with Gasteiger partial charge in [-0.15, -0.1) is 12.4 Å². The Balaban J connectivity index is 0.00000264. The maximum atomic E-state index is 11.9. The van der Waals surface area contributed by atoms with E-state index in [4.69, 9.17) is 28.9 Å². The minimum atomic E-state index is -0.315. The maximum absolute atomic E-state index is 11.9. The van der Waals surface area contributed by atoms with Crippen molar-refractivity contribution in [3.05, 3.63) is 69.7 Å². The molecular weight excluding hydrogens is 357 g/mol. The van der Waals surface area contributed by atoms with Crippen LogP contribution in [0.25, 0.3) is 0 Å². The van der Waals surface area contributed by atoms with E-state index in [2.05, 4.69) is 10.3 Å². The number of nitrogens with zero attached hydrogens (tertiary/aromatic N) is 1. The van der Waals surface area contributed by atoms with Gasteiger partial charge in [0.05, 0.1) is 13.0 Å². The predicted octanol–water partition coefficient (Wildman–Crippen LogP) is 3.59. The number of amides is 1. The highest BCUT2D eigenvalue weighted by Crippen LogP contribution is 2.24. The molecule has 2 aromatic carbocycles. The first-order chi connectivity index (χ1) is 10.6. The van der Waals surface area contributed by atoms with Crippen LogP contribution in [-0.2, 0) is 17.8 Å². The molecule has 23 heavy (non-hydrogen) atoms. The van der Waals surface area contributed by atoms with Crippen LogP contribution in [0.4, 0.5) is 0 Å². The lowest BCUT2D eigenvalue weighted by Gasteiger charge is -2.07. The number of guanidine groups is 1. The molecule has 0 saturated heterocycles. The molecule has 2 rings (SSSR count). The quantitative estimate of drug-likeness (QED) is 0.636. The Bertz CT molecular complexity index is 670. The molecule has 4 nitrogen and oxygen atoms in total. The highest BCUT2D eigenvalue weighted by Gasteiger charge is 2.11. The molecule has 0 heterocycles. The first kappa shape index (κ1) is 19.3. The van der Waals surface area contributed by atoms with Gasteiger partial charge in [-0.1, -0.05) is 59.6 Å². The van der Waals surface area contributed by atoms with E-state index in [1.54, 1.807) is 18.2 Å². The van der Waals surface area contributed by atoms with Crippen LogP contribution < -0.4 is 11.1 Å². The van der Waals surface area contributed by atoms with Crippen molar-refractivity contribution in [2.45, 2.75) is 13.0 Å². The van der Waals surface area contributed by atoms with Crippen LogP contribution >= 0.6 is 35.6 Å². The molecule has 0 spiro atoms. The van der Waals surface area contributed by atoms with Gasteiger partial charge in [-0.25, -0.2) is 4.99 Å². The molecule has 0 atom stereocenters. The molecule has 1 amide bonds. The van der Waals surface area contributed by atoms with Crippen molar-refractivity contribution in [1.29, 1.82) is 0 Å². The SMILES string of the molecule is Cl.NC(=NCc1ccccc1)NC(=O)Cc1c(Cl)cccc1Cl. The molecule has 0 aliphatic rings. The lowest BCUT2D eigenvalue weighted by molar-refractivity contribution is -0.119. The van der Waals surface area contributed by atoms with E-state index in [9.17, 15) is 4.79 Å². The summed E-state index contributed by atoms with van der Waals surface area (Å²) in [5.41, 5.74) is 7.28. The van der Waals surface area contributed by atoms with Gasteiger partial charge >= 0.3 is 0 Å². The summed E-state index contributed by atoms with van der Waals surface area (Å²) in [4.78, 5) is 16.1. The Hall–Kier alpha value is -1.75. The first-order valence-corrected chi connectivity index (χ1v) is 7.38. The highest BCUT2D eigenvalue weighted by atomic mass is 35.5. The number of nitrogens with one attached hydrogen (secondary N) is 1. The summed E-state index contributed by atoms with van der Waals surface area (Å²) in [7, 11) is 0. The van der Waals surface area contributed by atoms with Gasteiger partial charge in [-0.3, -0.25) is 10.1 Å². The molecule has 0 aromatic heterocycles. The second kappa shape index (κ2) is 9.40. The van der Waals surface area contributed by atoms with Crippen LogP contribution in [0.3, 0.4) is 0 Å². The van der Waals surface area contributed by atoms with Gasteiger partial charge in [0.25, 0.3) is 0 Å². The second-order valence-corrected chi connectivity index (χ2v) is 5.43. The highest BCUT2D eigenvalue weighted by molar-refractivity contribution is 6.36. The second-order valence-electron chi connectivity index (χ2n) is 4.61. The zero-order chi connectivity index (χ0) is 15.9. The molecule has 7 heteroatoms. The van der Waals surface area contributed by atoms with E-state index >= 15 is 0 Å². The molecule has 0 aliphatic heterocycles. The molecule has 0 aliphatic carbocycles. The van der Waals surface area contributed by atoms with Crippen LogP contribution in [0.2, 0.25) is 10.0 Å². The van der Waals surface area contributed by atoms with E-state index < -0.39 is 0 Å². The minimum absolute atomic E-state index is 0. The number of carbonyl (C=O) groups is 1. The number of hydrogen-bond acceptors (Lipinski definition) is 2. The lowest BCUT2D eigenvalue weighted by atomic mass is 10.1. The summed E-state index contributed by atoms with van der Waals surface area (Å²) < 4.78 is 0. The standard InChI is InChI=1S/C16H15Cl2N3O.ClH/c17-13-7-4-8-14(18)12(13)9-15(22)21-16(19)20-10-11-5-2-1-3-6-11;/h1-8H,9-10H2,(H3,19,20,21,22);1H. The summed E-state index contributed by atoms with van der Waals surface area (Å²) >= 11 is 12.1. The third kappa shape index (κ3) is 6.10. The van der Waals surface area contributed by atoms with Crippen molar-refractivity contribution < 1.29 is 4.79 Å². The van der Waals surface area contributed by atoms with E-state index in [-0.39, 0.29) is 30.7 Å². The van der Waals surface area contributed by atoms with E-state index in [0.717, 1.165) is 5.56 Å². The zero-order valence-electron chi connectivity index (χ0n) is 12.1. The Morgan fingerprint density at radius 2 is 1.65 bits per heavy atom. The van der Waals surface area contributed by atoms with Gasteiger partial charge in [-0.05, 0) is 23.3 Å². The first-order valence-electron chi connectivity index (χ1n) is 6.63. The Labute approximate surface area is 151 Å². The largest absolute Gasteiger partial charge is 0.370 e. The van der Waals surface area contributed by atoms with Gasteiger partial charge < -0.3 is 5.73 Å². The molecule has 3 N–H and O–H groups in total. The summed E-state index contributed by atoms with van der Waals surface area (Å²) in [6.07, 6.45) is 0.0417. The van der Waals surface area contributed by atoms with Gasteiger partial charge in [0.15, 0.2) is 5.96 Å². The van der Waals surface area contributed by atoms with Gasteiger partial charge in [0, 0.05) is 10.0 Å². The maximum Gasteiger partial charge on any atom is 0.231 e. The smallest absolute Gasteiger partial charge is 0.231 e. The number of hydrogen-bond donors (Lipinski definition) is 2. The monoisotopic (exact) mass is 371 g/mol. The molecule has 2 aromatic rings. The summed E-state index contributed by atoms with van der Waals surface area (Å²) in [5, 5.41) is 3.42. The van der Waals surface area contributed by atoms with Crippen molar-refractivity contribution in [2.75, 3.05) is 0 Å². The van der Waals surface area contributed by atoms with Crippen molar-refractivity contribution >= 4 is 47.5 Å². The number of rotatable bonds is 4. The van der Waals surface area contributed by atoms with Gasteiger partial charge in [0.1, 0.15) is 0 Å². The van der Waals surface area contributed by atoms with E-state index in [0.29, 0.717) is 22.2 Å². The summed E-state index contributed by atoms with van der Waals surface area (Å²) in [6, 6.07) is 14.7. The fraction of sp³-hybridized carbons (Fsp3) is 0.125. The van der Waals surface area contributed by atoms with Crippen molar-refractivity contribution in [3.63, 3.8) is 0 Å². The Kier molecular flexibility index (Phi) is 7.89. The van der Waals surface area contributed by atoms with Crippen molar-refractivity contribution in [1.82, 2.24) is 5.32 Å². The van der Waals surface area contributed by atoms with Crippen LogP contribution in [0.1, 0.15) is 11.1 Å². The van der Waals surface area contributed by atoms with Crippen LogP contribution in [0.5, 0.6) is 0 Å². The number of nitrogens with two attached hydrogens (primary N) is 1. The number of aliphatic imine (C=N–C) groups is 1. The fourth-order valence-corrected chi connectivity index (χ4v) is 2.38. The van der Waals surface area contributed by atoms with E-state index in [1.807, 2.05) is 30.3 Å². The zero-order valence-corrected chi connectivity index (χ0v) is 14.5. The van der Waals surface area contributed by atoms with Crippen molar-refractivity contribution in [2.24, 2.45) is 10.7 Å². The molecule has 0 bridgehead atoms. The molecule has 122 valence electrons. The lowest BCUT2D eigenvalue weighted by Crippen LogP contribution is -2.37.